The lowest BCUT2D eigenvalue weighted by atomic mass is 10.1. The Kier molecular flexibility index (Phi) is 3.28. The Balaban J connectivity index is 2.76. The van der Waals surface area contributed by atoms with Crippen LogP contribution >= 0.6 is 18.9 Å². The number of nitrogens with one attached hydrogen (secondary N) is 1. The van der Waals surface area contributed by atoms with Gasteiger partial charge >= 0.3 is 0 Å². The fourth-order valence-corrected chi connectivity index (χ4v) is 5.01. The molecule has 6 heteroatoms. The minimum atomic E-state index is -1.87. The van der Waals surface area contributed by atoms with Crippen molar-refractivity contribution < 1.29 is 4.92 Å². The molecule has 0 aromatic carbocycles. The summed E-state index contributed by atoms with van der Waals surface area (Å²) in [5.74, 6) is 0. The van der Waals surface area contributed by atoms with E-state index in [1.54, 1.807) is 6.20 Å². The number of nitro groups is 1. The first-order valence-electron chi connectivity index (χ1n) is 4.84. The highest BCUT2D eigenvalue weighted by atomic mass is 127. The molecule has 1 aromatic heterocycles. The number of aromatic nitrogens is 1. The van der Waals surface area contributed by atoms with Crippen LogP contribution in [-0.2, 0) is 6.42 Å². The van der Waals surface area contributed by atoms with Crippen LogP contribution in [0, 0.1) is 21.4 Å². The first-order valence-corrected chi connectivity index (χ1v) is 9.32. The molecule has 0 saturated carbocycles. The number of nitrogens with zero attached hydrogens (tertiary/aromatic N) is 2. The monoisotopic (exact) mass is 343 g/mol. The van der Waals surface area contributed by atoms with Crippen molar-refractivity contribution >= 4 is 32.6 Å². The Bertz CT molecular complexity index is 640. The molecule has 0 fully saturated rings. The average molecular weight is 343 g/mol. The molecule has 88 valence electrons. The van der Waals surface area contributed by atoms with Gasteiger partial charge < -0.3 is 4.98 Å². The van der Waals surface area contributed by atoms with E-state index in [9.17, 15) is 10.1 Å². The quantitative estimate of drug-likeness (QED) is 0.385. The van der Waals surface area contributed by atoms with Crippen LogP contribution in [0.2, 0.25) is 0 Å². The van der Waals surface area contributed by atoms with E-state index in [0.29, 0.717) is 9.20 Å². The van der Waals surface area contributed by atoms with Gasteiger partial charge in [-0.1, -0.05) is 24.9 Å². The van der Waals surface area contributed by atoms with Crippen LogP contribution in [0.4, 0.5) is 0 Å². The zero-order chi connectivity index (χ0) is 12.4. The highest BCUT2D eigenvalue weighted by Gasteiger charge is 2.24. The second-order valence-electron chi connectivity index (χ2n) is 3.49. The van der Waals surface area contributed by atoms with E-state index < -0.39 is 18.9 Å². The van der Waals surface area contributed by atoms with Crippen molar-refractivity contribution in [3.8, 4) is 6.07 Å². The summed E-state index contributed by atoms with van der Waals surface area (Å²) in [6, 6.07) is 2.04. The van der Waals surface area contributed by atoms with E-state index in [1.165, 1.54) is 0 Å². The third kappa shape index (κ3) is 2.10. The molecule has 0 unspecified atom stereocenters. The molecule has 0 radical (unpaired) electrons. The van der Waals surface area contributed by atoms with Gasteiger partial charge in [0.05, 0.1) is 28.7 Å². The van der Waals surface area contributed by atoms with Crippen molar-refractivity contribution in [3.63, 3.8) is 0 Å². The van der Waals surface area contributed by atoms with Crippen molar-refractivity contribution in [3.05, 3.63) is 39.2 Å². The molecule has 0 amide bonds. The normalized spacial score (nSPS) is 14.7. The highest BCUT2D eigenvalue weighted by molar-refractivity contribution is 14.2. The van der Waals surface area contributed by atoms with Gasteiger partial charge in [0.15, 0.2) is 0 Å². The molecule has 2 heterocycles. The van der Waals surface area contributed by atoms with Gasteiger partial charge in [-0.3, -0.25) is 10.1 Å². The zero-order valence-corrected chi connectivity index (χ0v) is 11.3. The number of rotatable bonds is 2. The number of aromatic amines is 1. The van der Waals surface area contributed by atoms with Crippen molar-refractivity contribution in [2.45, 2.75) is 6.42 Å². The van der Waals surface area contributed by atoms with Gasteiger partial charge in [-0.2, -0.15) is 5.26 Å². The molecule has 0 aliphatic carbocycles. The van der Waals surface area contributed by atoms with Crippen LogP contribution in [0.1, 0.15) is 16.8 Å². The van der Waals surface area contributed by atoms with Crippen molar-refractivity contribution in [1.29, 1.82) is 5.26 Å². The van der Waals surface area contributed by atoms with Crippen LogP contribution in [0.5, 0.6) is 0 Å². The number of alkyl halides is 1. The molecular formula is C11H10IN3O2. The molecule has 0 bridgehead atoms. The van der Waals surface area contributed by atoms with E-state index in [4.69, 9.17) is 5.26 Å². The van der Waals surface area contributed by atoms with Gasteiger partial charge in [0.1, 0.15) is 0 Å². The third-order valence-electron chi connectivity index (χ3n) is 2.44. The molecule has 0 spiro atoms. The lowest BCUT2D eigenvalue weighted by molar-refractivity contribution is -0.343. The van der Waals surface area contributed by atoms with E-state index in [0.717, 1.165) is 11.3 Å². The maximum atomic E-state index is 11.2. The second-order valence-corrected chi connectivity index (χ2v) is 8.17. The smallest absolute Gasteiger partial charge is 0.299 e. The number of hydrogen-bond donors (Lipinski definition) is 1. The SMILES string of the molecule is CI1=CC=Cc2[nH]cc(CC#N)c2C=1[N+](=O)[O-]. The van der Waals surface area contributed by atoms with Crippen LogP contribution < -0.4 is 0 Å². The maximum absolute atomic E-state index is 11.2. The third-order valence-corrected chi connectivity index (χ3v) is 6.47. The Morgan fingerprint density at radius 1 is 1.65 bits per heavy atom. The lowest BCUT2D eigenvalue weighted by Gasteiger charge is -2.00. The zero-order valence-electron chi connectivity index (χ0n) is 9.11. The van der Waals surface area contributed by atoms with Gasteiger partial charge in [-0.15, -0.1) is 0 Å². The van der Waals surface area contributed by atoms with Crippen LogP contribution in [-0.4, -0.2) is 22.5 Å². The molecule has 0 atom stereocenters. The predicted molar refractivity (Wildman–Crippen MR) is 76.3 cm³/mol. The standard InChI is InChI=1S/C11H10IN3O2/c1-12-5-2-3-9-10(11(12)15(16)17)8(4-6-13)7-14-9/h2-3,5,7,14H,4H2,1H3. The summed E-state index contributed by atoms with van der Waals surface area (Å²) in [6.45, 7) is 0. The summed E-state index contributed by atoms with van der Waals surface area (Å²) in [4.78, 5) is 15.8. The topological polar surface area (TPSA) is 82.7 Å². The molecule has 5 nitrogen and oxygen atoms in total. The first-order chi connectivity index (χ1) is 8.15. The summed E-state index contributed by atoms with van der Waals surface area (Å²) in [7, 11) is 0. The van der Waals surface area contributed by atoms with Gasteiger partial charge in [-0.25, -0.2) is 0 Å². The molecule has 0 saturated heterocycles. The molecule has 1 aliphatic heterocycles. The van der Waals surface area contributed by atoms with Crippen LogP contribution in [0.3, 0.4) is 0 Å². The molecule has 17 heavy (non-hydrogen) atoms. The summed E-state index contributed by atoms with van der Waals surface area (Å²) >= 11 is -1.87. The van der Waals surface area contributed by atoms with Crippen LogP contribution in [0.25, 0.3) is 6.08 Å². The Morgan fingerprint density at radius 2 is 2.41 bits per heavy atom. The first kappa shape index (κ1) is 11.9. The Morgan fingerprint density at radius 3 is 3.06 bits per heavy atom. The molecular weight excluding hydrogens is 333 g/mol. The second kappa shape index (κ2) is 4.71. The number of nitriles is 1. The Labute approximate surface area is 104 Å². The fraction of sp³-hybridized carbons (Fsp3) is 0.182. The van der Waals surface area contributed by atoms with Gasteiger partial charge in [0.2, 0.25) is 0 Å². The van der Waals surface area contributed by atoms with Crippen LogP contribution in [0.15, 0.2) is 12.3 Å². The molecule has 1 aliphatic rings. The van der Waals surface area contributed by atoms with Crippen molar-refractivity contribution in [2.75, 3.05) is 4.93 Å². The van der Waals surface area contributed by atoms with E-state index in [-0.39, 0.29) is 11.3 Å². The molecule has 2 rings (SSSR count). The average Bonchev–Trinajstić information content (AvgIpc) is 2.56. The maximum Gasteiger partial charge on any atom is 0.299 e. The molecule has 1 aromatic rings. The number of halogens is 1. The number of fused-ring (bicyclic) bond motifs is 1. The van der Waals surface area contributed by atoms with E-state index in [1.807, 2.05) is 27.2 Å². The fourth-order valence-electron chi connectivity index (χ4n) is 1.73. The highest BCUT2D eigenvalue weighted by Crippen LogP contribution is 2.25. The summed E-state index contributed by atoms with van der Waals surface area (Å²) < 4.78 is 2.24. The van der Waals surface area contributed by atoms with Gasteiger partial charge in [0.25, 0.3) is 3.63 Å². The summed E-state index contributed by atoms with van der Waals surface area (Å²) in [5, 5.41) is 19.9. The lowest BCUT2D eigenvalue weighted by Crippen LogP contribution is -2.13. The number of hydrogen-bond acceptors (Lipinski definition) is 3. The van der Waals surface area contributed by atoms with Crippen molar-refractivity contribution in [1.82, 2.24) is 4.98 Å². The summed E-state index contributed by atoms with van der Waals surface area (Å²) in [6.07, 6.45) is 5.59. The van der Waals surface area contributed by atoms with E-state index in [2.05, 4.69) is 4.98 Å². The van der Waals surface area contributed by atoms with Gasteiger partial charge in [0, 0.05) is 6.20 Å². The van der Waals surface area contributed by atoms with Crippen molar-refractivity contribution in [2.24, 2.45) is 0 Å². The Hall–Kier alpha value is -1.62. The van der Waals surface area contributed by atoms with Gasteiger partial charge in [-0.05, 0) is 20.6 Å². The van der Waals surface area contributed by atoms with E-state index >= 15 is 0 Å². The number of allylic oxidation sites excluding steroid dienone is 1. The summed E-state index contributed by atoms with van der Waals surface area (Å²) in [5.41, 5.74) is 2.09. The molecule has 1 N–H and O–H groups in total. The predicted octanol–water partition coefficient (Wildman–Crippen LogP) is 1.80. The number of H-pyrrole nitrogens is 1. The minimum Gasteiger partial charge on any atom is -0.361 e. The minimum absolute atomic E-state index is 0.195. The largest absolute Gasteiger partial charge is 0.361 e.